The van der Waals surface area contributed by atoms with Gasteiger partial charge in [-0.1, -0.05) is 30.3 Å². The third kappa shape index (κ3) is 4.17. The molecule has 1 N–H and O–H groups in total. The molecule has 0 spiro atoms. The van der Waals surface area contributed by atoms with E-state index in [1.54, 1.807) is 13.8 Å². The summed E-state index contributed by atoms with van der Waals surface area (Å²) in [6.45, 7) is 3.95. The van der Waals surface area contributed by atoms with Crippen LogP contribution in [0.5, 0.6) is 0 Å². The summed E-state index contributed by atoms with van der Waals surface area (Å²) in [6.07, 6.45) is 0.130. The fourth-order valence-corrected chi connectivity index (χ4v) is 2.85. The molecule has 0 bridgehead atoms. The third-order valence-corrected chi connectivity index (χ3v) is 4.13. The highest BCUT2D eigenvalue weighted by Crippen LogP contribution is 2.58. The maximum atomic E-state index is 12.0. The molecule has 0 radical (unpaired) electrons. The number of hydrogen-bond donors (Lipinski definition) is 1. The standard InChI is InChI=1S/C12H18O4P/c1-3-15-17(14,16-4-2)12(13)10-11-8-6-5-7-9-11/h5-9,14H,3-4,10H2,1-2H3/q+1. The highest BCUT2D eigenvalue weighted by molar-refractivity contribution is 7.77. The van der Waals surface area contributed by atoms with Crippen molar-refractivity contribution in [1.82, 2.24) is 0 Å². The van der Waals surface area contributed by atoms with E-state index in [-0.39, 0.29) is 25.2 Å². The molecule has 0 saturated carbocycles. The number of carbonyl (C=O) groups excluding carboxylic acids is 1. The predicted octanol–water partition coefficient (Wildman–Crippen LogP) is 2.58. The molecule has 4 nitrogen and oxygen atoms in total. The maximum Gasteiger partial charge on any atom is 0.484 e. The van der Waals surface area contributed by atoms with Crippen molar-refractivity contribution < 1.29 is 18.7 Å². The molecule has 1 rings (SSSR count). The minimum Gasteiger partial charge on any atom is -0.243 e. The van der Waals surface area contributed by atoms with Crippen LogP contribution in [0.4, 0.5) is 0 Å². The SMILES string of the molecule is CCO[P+](O)(OCC)C(=O)Cc1ccccc1. The van der Waals surface area contributed by atoms with Crippen molar-refractivity contribution in [1.29, 1.82) is 0 Å². The van der Waals surface area contributed by atoms with E-state index in [0.29, 0.717) is 0 Å². The van der Waals surface area contributed by atoms with Crippen LogP contribution in [0.2, 0.25) is 0 Å². The van der Waals surface area contributed by atoms with Crippen molar-refractivity contribution in [2.45, 2.75) is 20.3 Å². The van der Waals surface area contributed by atoms with E-state index < -0.39 is 7.94 Å². The Hall–Kier alpha value is -0.800. The third-order valence-electron chi connectivity index (χ3n) is 2.12. The van der Waals surface area contributed by atoms with E-state index in [0.717, 1.165) is 5.56 Å². The molecule has 0 saturated heterocycles. The Morgan fingerprint density at radius 2 is 1.71 bits per heavy atom. The van der Waals surface area contributed by atoms with Gasteiger partial charge in [0.25, 0.3) is 0 Å². The average molecular weight is 257 g/mol. The average Bonchev–Trinajstić information content (AvgIpc) is 2.31. The van der Waals surface area contributed by atoms with E-state index in [4.69, 9.17) is 9.05 Å². The second kappa shape index (κ2) is 6.82. The molecule has 0 atom stereocenters. The van der Waals surface area contributed by atoms with Crippen LogP contribution in [0.3, 0.4) is 0 Å². The molecule has 0 aliphatic rings. The molecule has 1 aromatic carbocycles. The monoisotopic (exact) mass is 257 g/mol. The Labute approximate surface area is 102 Å². The van der Waals surface area contributed by atoms with Gasteiger partial charge < -0.3 is 0 Å². The highest BCUT2D eigenvalue weighted by atomic mass is 31.2. The lowest BCUT2D eigenvalue weighted by molar-refractivity contribution is -0.114. The zero-order valence-corrected chi connectivity index (χ0v) is 11.0. The molecule has 0 fully saturated rings. The first-order valence-corrected chi connectivity index (χ1v) is 7.18. The van der Waals surface area contributed by atoms with Gasteiger partial charge >= 0.3 is 13.5 Å². The molecule has 0 unspecified atom stereocenters. The molecule has 5 heteroatoms. The summed E-state index contributed by atoms with van der Waals surface area (Å²) in [5.41, 5.74) is 0.461. The number of carbonyl (C=O) groups is 1. The second-order valence-corrected chi connectivity index (χ2v) is 5.47. The van der Waals surface area contributed by atoms with Gasteiger partial charge in [0.2, 0.25) is 0 Å². The molecule has 0 aromatic heterocycles. The van der Waals surface area contributed by atoms with Gasteiger partial charge in [0.1, 0.15) is 0 Å². The lowest BCUT2D eigenvalue weighted by Gasteiger charge is -2.13. The summed E-state index contributed by atoms with van der Waals surface area (Å²) in [4.78, 5) is 22.0. The predicted molar refractivity (Wildman–Crippen MR) is 67.5 cm³/mol. The zero-order valence-electron chi connectivity index (χ0n) is 10.1. The molecule has 94 valence electrons. The van der Waals surface area contributed by atoms with Crippen LogP contribution in [-0.2, 0) is 20.3 Å². The fourth-order valence-electron chi connectivity index (χ4n) is 1.40. The van der Waals surface area contributed by atoms with Crippen molar-refractivity contribution in [2.24, 2.45) is 0 Å². The summed E-state index contributed by atoms with van der Waals surface area (Å²) in [5.74, 6) is 0. The summed E-state index contributed by atoms with van der Waals surface area (Å²) in [7, 11) is -3.36. The van der Waals surface area contributed by atoms with Gasteiger partial charge in [0, 0.05) is 0 Å². The van der Waals surface area contributed by atoms with E-state index in [1.165, 1.54) is 0 Å². The minimum atomic E-state index is -3.36. The number of benzene rings is 1. The van der Waals surface area contributed by atoms with Gasteiger partial charge in [-0.05, 0) is 19.4 Å². The molecule has 0 aliphatic carbocycles. The second-order valence-electron chi connectivity index (χ2n) is 3.41. The van der Waals surface area contributed by atoms with Crippen LogP contribution in [0.25, 0.3) is 0 Å². The van der Waals surface area contributed by atoms with Crippen LogP contribution in [0, 0.1) is 0 Å². The van der Waals surface area contributed by atoms with Crippen molar-refractivity contribution in [3.63, 3.8) is 0 Å². The lowest BCUT2D eigenvalue weighted by atomic mass is 10.2. The van der Waals surface area contributed by atoms with Crippen LogP contribution in [-0.4, -0.2) is 23.6 Å². The van der Waals surface area contributed by atoms with Crippen LogP contribution < -0.4 is 0 Å². The normalized spacial score (nSPS) is 11.5. The topological polar surface area (TPSA) is 55.8 Å². The Balaban J connectivity index is 2.72. The first-order chi connectivity index (χ1) is 8.12. The molecule has 17 heavy (non-hydrogen) atoms. The number of rotatable bonds is 7. The van der Waals surface area contributed by atoms with Crippen molar-refractivity contribution in [3.05, 3.63) is 35.9 Å². The van der Waals surface area contributed by atoms with Crippen LogP contribution in [0.1, 0.15) is 19.4 Å². The lowest BCUT2D eigenvalue weighted by Crippen LogP contribution is -2.15. The summed E-state index contributed by atoms with van der Waals surface area (Å²) < 4.78 is 10.2. The smallest absolute Gasteiger partial charge is 0.243 e. The maximum absolute atomic E-state index is 12.0. The quantitative estimate of drug-likeness (QED) is 0.763. The molecular formula is C12H18O4P+. The van der Waals surface area contributed by atoms with Crippen molar-refractivity contribution in [2.75, 3.05) is 13.2 Å². The zero-order chi connectivity index (χ0) is 12.7. The fraction of sp³-hybridized carbons (Fsp3) is 0.417. The highest BCUT2D eigenvalue weighted by Gasteiger charge is 2.49. The van der Waals surface area contributed by atoms with Crippen LogP contribution in [0.15, 0.2) is 30.3 Å². The van der Waals surface area contributed by atoms with Crippen molar-refractivity contribution in [3.8, 4) is 0 Å². The van der Waals surface area contributed by atoms with E-state index in [1.807, 2.05) is 30.3 Å². The summed E-state index contributed by atoms with van der Waals surface area (Å²) in [6, 6.07) is 9.24. The van der Waals surface area contributed by atoms with Gasteiger partial charge in [0.05, 0.1) is 19.6 Å². The van der Waals surface area contributed by atoms with E-state index >= 15 is 0 Å². The number of hydrogen-bond acceptors (Lipinski definition) is 4. The largest absolute Gasteiger partial charge is 0.484 e. The van der Waals surface area contributed by atoms with E-state index in [2.05, 4.69) is 0 Å². The van der Waals surface area contributed by atoms with Gasteiger partial charge in [-0.25, -0.2) is 4.79 Å². The molecule has 0 aliphatic heterocycles. The van der Waals surface area contributed by atoms with E-state index in [9.17, 15) is 9.69 Å². The molecule has 0 heterocycles. The Kier molecular flexibility index (Phi) is 5.72. The van der Waals surface area contributed by atoms with Gasteiger partial charge in [-0.3, -0.25) is 0 Å². The molecule has 1 aromatic rings. The Bertz CT molecular complexity index is 347. The van der Waals surface area contributed by atoms with Crippen molar-refractivity contribution >= 4 is 13.5 Å². The van der Waals surface area contributed by atoms with Gasteiger partial charge in [0.15, 0.2) is 0 Å². The minimum absolute atomic E-state index is 0.130. The van der Waals surface area contributed by atoms with Gasteiger partial charge in [-0.15, -0.1) is 0 Å². The Morgan fingerprint density at radius 1 is 1.18 bits per heavy atom. The first kappa shape index (κ1) is 14.3. The van der Waals surface area contributed by atoms with Crippen LogP contribution >= 0.6 is 7.94 Å². The molecule has 0 amide bonds. The first-order valence-electron chi connectivity index (χ1n) is 5.60. The Morgan fingerprint density at radius 3 is 2.18 bits per heavy atom. The summed E-state index contributed by atoms with van der Waals surface area (Å²) >= 11 is 0. The van der Waals surface area contributed by atoms with Gasteiger partial charge in [-0.2, -0.15) is 13.9 Å². The summed E-state index contributed by atoms with van der Waals surface area (Å²) in [5, 5.41) is 0. The molecular weight excluding hydrogens is 239 g/mol.